The SMILES string of the molecule is C[C@@H]1CN(S(=O)(=O)c2ccc(NC(=O)c3cc4c(s3)CCC4)cc2)C[C@@H](C)O1. The molecule has 2 aliphatic rings. The quantitative estimate of drug-likeness (QED) is 0.824. The van der Waals surface area contributed by atoms with Crippen molar-refractivity contribution in [2.75, 3.05) is 18.4 Å². The number of carbonyl (C=O) groups is 1. The second-order valence-electron chi connectivity index (χ2n) is 7.47. The number of nitrogens with one attached hydrogen (secondary N) is 1. The number of nitrogens with zero attached hydrogens (tertiary/aromatic N) is 1. The van der Waals surface area contributed by atoms with E-state index in [4.69, 9.17) is 4.74 Å². The van der Waals surface area contributed by atoms with Gasteiger partial charge in [-0.15, -0.1) is 11.3 Å². The van der Waals surface area contributed by atoms with Crippen LogP contribution in [0.25, 0.3) is 0 Å². The van der Waals surface area contributed by atoms with Gasteiger partial charge in [0, 0.05) is 23.7 Å². The minimum absolute atomic E-state index is 0.135. The maximum atomic E-state index is 12.9. The van der Waals surface area contributed by atoms with Crippen LogP contribution < -0.4 is 5.32 Å². The lowest BCUT2D eigenvalue weighted by atomic mass is 10.2. The zero-order valence-electron chi connectivity index (χ0n) is 16.0. The number of sulfonamides is 1. The lowest BCUT2D eigenvalue weighted by Gasteiger charge is -2.34. The molecular weight excluding hydrogens is 396 g/mol. The first-order valence-electron chi connectivity index (χ1n) is 9.51. The van der Waals surface area contributed by atoms with Crippen molar-refractivity contribution in [3.8, 4) is 0 Å². The van der Waals surface area contributed by atoms with Gasteiger partial charge in [-0.05, 0) is 69.0 Å². The largest absolute Gasteiger partial charge is 0.373 e. The Kier molecular flexibility index (Phi) is 5.30. The predicted molar refractivity (Wildman–Crippen MR) is 110 cm³/mol. The van der Waals surface area contributed by atoms with Gasteiger partial charge in [0.05, 0.1) is 22.0 Å². The summed E-state index contributed by atoms with van der Waals surface area (Å²) in [5, 5.41) is 2.86. The van der Waals surface area contributed by atoms with Gasteiger partial charge in [0.2, 0.25) is 10.0 Å². The molecule has 1 aromatic heterocycles. The van der Waals surface area contributed by atoms with Crippen LogP contribution in [0, 0.1) is 0 Å². The first-order valence-corrected chi connectivity index (χ1v) is 11.8. The summed E-state index contributed by atoms with van der Waals surface area (Å²) in [5.41, 5.74) is 1.87. The molecule has 0 saturated carbocycles. The summed E-state index contributed by atoms with van der Waals surface area (Å²) in [5.74, 6) is -0.147. The molecule has 1 fully saturated rings. The number of thiophene rings is 1. The molecule has 4 rings (SSSR count). The van der Waals surface area contributed by atoms with Crippen molar-refractivity contribution in [3.05, 3.63) is 45.6 Å². The number of benzene rings is 1. The second-order valence-corrected chi connectivity index (χ2v) is 10.5. The zero-order chi connectivity index (χ0) is 19.9. The van der Waals surface area contributed by atoms with E-state index < -0.39 is 10.0 Å². The summed E-state index contributed by atoms with van der Waals surface area (Å²) in [7, 11) is -3.58. The van der Waals surface area contributed by atoms with Crippen molar-refractivity contribution in [1.82, 2.24) is 4.31 Å². The van der Waals surface area contributed by atoms with Gasteiger partial charge < -0.3 is 10.1 Å². The lowest BCUT2D eigenvalue weighted by molar-refractivity contribution is -0.0440. The third-order valence-corrected chi connectivity index (χ3v) is 8.19. The summed E-state index contributed by atoms with van der Waals surface area (Å²) in [6.45, 7) is 4.43. The summed E-state index contributed by atoms with van der Waals surface area (Å²) in [4.78, 5) is 14.7. The Balaban J connectivity index is 1.46. The molecule has 0 spiro atoms. The van der Waals surface area contributed by atoms with E-state index in [0.29, 0.717) is 23.7 Å². The van der Waals surface area contributed by atoms with Gasteiger partial charge in [-0.25, -0.2) is 8.42 Å². The molecule has 0 bridgehead atoms. The molecule has 1 saturated heterocycles. The molecule has 1 aromatic carbocycles. The molecule has 1 N–H and O–H groups in total. The predicted octanol–water partition coefficient (Wildman–Crippen LogP) is 3.29. The van der Waals surface area contributed by atoms with Crippen LogP contribution in [0.2, 0.25) is 0 Å². The molecule has 1 amide bonds. The summed E-state index contributed by atoms with van der Waals surface area (Å²) < 4.78 is 32.9. The van der Waals surface area contributed by atoms with Crippen molar-refractivity contribution < 1.29 is 17.9 Å². The Morgan fingerprint density at radius 2 is 1.82 bits per heavy atom. The molecule has 0 unspecified atom stereocenters. The van der Waals surface area contributed by atoms with Crippen molar-refractivity contribution >= 4 is 33.0 Å². The molecule has 150 valence electrons. The Bertz CT molecular complexity index is 951. The van der Waals surface area contributed by atoms with Crippen molar-refractivity contribution in [2.24, 2.45) is 0 Å². The average molecular weight is 421 g/mol. The van der Waals surface area contributed by atoms with Gasteiger partial charge in [0.25, 0.3) is 5.91 Å². The van der Waals surface area contributed by atoms with Crippen molar-refractivity contribution in [3.63, 3.8) is 0 Å². The van der Waals surface area contributed by atoms with Gasteiger partial charge in [-0.1, -0.05) is 0 Å². The standard InChI is InChI=1S/C20H24N2O4S2/c1-13-11-22(12-14(2)26-13)28(24,25)17-8-6-16(7-9-17)21-20(23)19-10-15-4-3-5-18(15)27-19/h6-10,13-14H,3-5,11-12H2,1-2H3,(H,21,23)/t13-,14-/m1/s1. The number of anilines is 1. The fraction of sp³-hybridized carbons (Fsp3) is 0.450. The number of carbonyl (C=O) groups excluding carboxylic acids is 1. The van der Waals surface area contributed by atoms with Crippen molar-refractivity contribution in [1.29, 1.82) is 0 Å². The zero-order valence-corrected chi connectivity index (χ0v) is 17.6. The Hall–Kier alpha value is -1.74. The van der Waals surface area contributed by atoms with E-state index in [9.17, 15) is 13.2 Å². The highest BCUT2D eigenvalue weighted by molar-refractivity contribution is 7.89. The third kappa shape index (κ3) is 3.87. The third-order valence-electron chi connectivity index (χ3n) is 5.11. The molecule has 1 aliphatic carbocycles. The van der Waals surface area contributed by atoms with Crippen LogP contribution in [0.3, 0.4) is 0 Å². The van der Waals surface area contributed by atoms with Crippen LogP contribution in [-0.2, 0) is 27.6 Å². The summed E-state index contributed by atoms with van der Waals surface area (Å²) in [6, 6.07) is 8.34. The molecule has 1 aliphatic heterocycles. The van der Waals surface area contributed by atoms with Gasteiger partial charge in [0.15, 0.2) is 0 Å². The molecule has 2 atom stereocenters. The number of rotatable bonds is 4. The van der Waals surface area contributed by atoms with Crippen LogP contribution >= 0.6 is 11.3 Å². The number of fused-ring (bicyclic) bond motifs is 1. The normalized spacial score (nSPS) is 22.8. The first-order chi connectivity index (χ1) is 13.3. The highest BCUT2D eigenvalue weighted by atomic mass is 32.2. The first kappa shape index (κ1) is 19.6. The van der Waals surface area contributed by atoms with E-state index in [0.717, 1.165) is 12.8 Å². The number of amides is 1. The minimum atomic E-state index is -3.58. The highest BCUT2D eigenvalue weighted by Crippen LogP contribution is 2.31. The maximum absolute atomic E-state index is 12.9. The Morgan fingerprint density at radius 1 is 1.14 bits per heavy atom. The fourth-order valence-corrected chi connectivity index (χ4v) is 6.56. The number of hydrogen-bond acceptors (Lipinski definition) is 5. The maximum Gasteiger partial charge on any atom is 0.265 e. The van der Waals surface area contributed by atoms with E-state index >= 15 is 0 Å². The summed E-state index contributed by atoms with van der Waals surface area (Å²) >= 11 is 1.55. The molecular formula is C20H24N2O4S2. The van der Waals surface area contributed by atoms with E-state index in [-0.39, 0.29) is 23.0 Å². The molecule has 0 radical (unpaired) electrons. The van der Waals surface area contributed by atoms with Crippen LogP contribution in [0.1, 0.15) is 40.4 Å². The fourth-order valence-electron chi connectivity index (χ4n) is 3.82. The van der Waals surface area contributed by atoms with E-state index in [1.807, 2.05) is 19.9 Å². The minimum Gasteiger partial charge on any atom is -0.373 e. The molecule has 6 nitrogen and oxygen atoms in total. The van der Waals surface area contributed by atoms with Crippen LogP contribution in [-0.4, -0.2) is 43.9 Å². The van der Waals surface area contributed by atoms with Crippen LogP contribution in [0.15, 0.2) is 35.2 Å². The van der Waals surface area contributed by atoms with Gasteiger partial charge in [0.1, 0.15) is 0 Å². The topological polar surface area (TPSA) is 75.7 Å². The smallest absolute Gasteiger partial charge is 0.265 e. The van der Waals surface area contributed by atoms with E-state index in [1.54, 1.807) is 35.6 Å². The van der Waals surface area contributed by atoms with Gasteiger partial charge >= 0.3 is 0 Å². The van der Waals surface area contributed by atoms with Gasteiger partial charge in [-0.3, -0.25) is 4.79 Å². The second kappa shape index (κ2) is 7.59. The number of morpholine rings is 1. The lowest BCUT2D eigenvalue weighted by Crippen LogP contribution is -2.48. The van der Waals surface area contributed by atoms with Crippen LogP contribution in [0.5, 0.6) is 0 Å². The molecule has 2 heterocycles. The average Bonchev–Trinajstić information content (AvgIpc) is 3.23. The Labute approximate surface area is 169 Å². The van der Waals surface area contributed by atoms with Crippen molar-refractivity contribution in [2.45, 2.75) is 50.2 Å². The number of hydrogen-bond donors (Lipinski definition) is 1. The van der Waals surface area contributed by atoms with E-state index in [2.05, 4.69) is 5.32 Å². The van der Waals surface area contributed by atoms with Crippen LogP contribution in [0.4, 0.5) is 5.69 Å². The van der Waals surface area contributed by atoms with Gasteiger partial charge in [-0.2, -0.15) is 4.31 Å². The Morgan fingerprint density at radius 3 is 2.46 bits per heavy atom. The van der Waals surface area contributed by atoms with E-state index in [1.165, 1.54) is 21.2 Å². The highest BCUT2D eigenvalue weighted by Gasteiger charge is 2.32. The number of ether oxygens (including phenoxy) is 1. The number of aryl methyl sites for hydroxylation is 2. The summed E-state index contributed by atoms with van der Waals surface area (Å²) in [6.07, 6.45) is 3.00. The molecule has 8 heteroatoms. The monoisotopic (exact) mass is 420 g/mol. The molecule has 28 heavy (non-hydrogen) atoms. The molecule has 2 aromatic rings.